The van der Waals surface area contributed by atoms with Gasteiger partial charge in [-0.25, -0.2) is 13.1 Å². The van der Waals surface area contributed by atoms with Gasteiger partial charge in [0, 0.05) is 11.0 Å². The molecular formula is C13H19BrClNO2S. The molecule has 3 nitrogen and oxygen atoms in total. The van der Waals surface area contributed by atoms with Crippen LogP contribution < -0.4 is 4.72 Å². The summed E-state index contributed by atoms with van der Waals surface area (Å²) in [5.74, 6) is 0.382. The second-order valence-corrected chi connectivity index (χ2v) is 8.57. The van der Waals surface area contributed by atoms with Crippen LogP contribution in [0, 0.1) is 11.3 Å². The van der Waals surface area contributed by atoms with E-state index in [0.717, 1.165) is 0 Å². The van der Waals surface area contributed by atoms with Gasteiger partial charge >= 0.3 is 0 Å². The summed E-state index contributed by atoms with van der Waals surface area (Å²) in [6.07, 6.45) is 0. The highest BCUT2D eigenvalue weighted by molar-refractivity contribution is 9.10. The van der Waals surface area contributed by atoms with Crippen molar-refractivity contribution in [3.05, 3.63) is 27.7 Å². The van der Waals surface area contributed by atoms with Crippen LogP contribution in [0.15, 0.2) is 27.6 Å². The molecule has 6 heteroatoms. The van der Waals surface area contributed by atoms with Gasteiger partial charge in [0.1, 0.15) is 0 Å². The van der Waals surface area contributed by atoms with Gasteiger partial charge in [-0.2, -0.15) is 0 Å². The van der Waals surface area contributed by atoms with Crippen molar-refractivity contribution < 1.29 is 8.42 Å². The number of sulfonamides is 1. The highest BCUT2D eigenvalue weighted by Gasteiger charge is 2.25. The van der Waals surface area contributed by atoms with Crippen LogP contribution in [0.4, 0.5) is 0 Å². The van der Waals surface area contributed by atoms with Gasteiger partial charge in [-0.15, -0.1) is 0 Å². The Bertz CT molecular complexity index is 556. The Balaban J connectivity index is 2.90. The van der Waals surface area contributed by atoms with Gasteiger partial charge < -0.3 is 0 Å². The molecule has 0 amide bonds. The third-order valence-corrected chi connectivity index (χ3v) is 6.09. The van der Waals surface area contributed by atoms with Gasteiger partial charge in [0.2, 0.25) is 10.0 Å². The molecule has 19 heavy (non-hydrogen) atoms. The standard InChI is InChI=1S/C13H19BrClNO2S/c1-9(2)13(3,4)8-16-19(17,18)10-5-6-12(15)11(14)7-10/h5-7,9,16H,8H2,1-4H3. The van der Waals surface area contributed by atoms with Gasteiger partial charge in [-0.1, -0.05) is 39.3 Å². The topological polar surface area (TPSA) is 46.2 Å². The summed E-state index contributed by atoms with van der Waals surface area (Å²) in [5.41, 5.74) is -0.100. The predicted molar refractivity (Wildman–Crippen MR) is 83.0 cm³/mol. The van der Waals surface area contributed by atoms with Crippen LogP contribution in [0.2, 0.25) is 5.02 Å². The molecule has 0 aromatic heterocycles. The molecular weight excluding hydrogens is 350 g/mol. The van der Waals surface area contributed by atoms with Crippen molar-refractivity contribution in [2.24, 2.45) is 11.3 Å². The number of rotatable bonds is 5. The number of hydrogen-bond acceptors (Lipinski definition) is 2. The molecule has 0 atom stereocenters. The zero-order valence-corrected chi connectivity index (χ0v) is 14.7. The summed E-state index contributed by atoms with van der Waals surface area (Å²) in [7, 11) is -3.50. The summed E-state index contributed by atoms with van der Waals surface area (Å²) in [5, 5.41) is 0.487. The molecule has 0 aliphatic heterocycles. The molecule has 1 aromatic carbocycles. The Labute approximate surface area is 128 Å². The SMILES string of the molecule is CC(C)C(C)(C)CNS(=O)(=O)c1ccc(Cl)c(Br)c1. The lowest BCUT2D eigenvalue weighted by atomic mass is 9.81. The predicted octanol–water partition coefficient (Wildman–Crippen LogP) is 4.06. The molecule has 108 valence electrons. The van der Waals surface area contributed by atoms with E-state index in [1.165, 1.54) is 12.1 Å². The minimum absolute atomic E-state index is 0.100. The van der Waals surface area contributed by atoms with Crippen LogP contribution >= 0.6 is 27.5 Å². The second kappa shape index (κ2) is 6.12. The summed E-state index contributed by atoms with van der Waals surface area (Å²) in [6.45, 7) is 8.63. The minimum atomic E-state index is -3.50. The molecule has 1 N–H and O–H groups in total. The fourth-order valence-electron chi connectivity index (χ4n) is 1.21. The van der Waals surface area contributed by atoms with E-state index in [1.54, 1.807) is 6.07 Å². The van der Waals surface area contributed by atoms with Gasteiger partial charge in [-0.3, -0.25) is 0 Å². The molecule has 0 heterocycles. The van der Waals surface area contributed by atoms with Crippen LogP contribution in [0.3, 0.4) is 0 Å². The largest absolute Gasteiger partial charge is 0.240 e. The Kier molecular flexibility index (Phi) is 5.46. The lowest BCUT2D eigenvalue weighted by Gasteiger charge is -2.29. The second-order valence-electron chi connectivity index (χ2n) is 5.54. The molecule has 1 aromatic rings. The van der Waals surface area contributed by atoms with Crippen molar-refractivity contribution in [2.75, 3.05) is 6.54 Å². The number of benzene rings is 1. The third kappa shape index (κ3) is 4.45. The van der Waals surface area contributed by atoms with Crippen LogP contribution in [-0.2, 0) is 10.0 Å². The van der Waals surface area contributed by atoms with Crippen LogP contribution in [0.1, 0.15) is 27.7 Å². The molecule has 0 aliphatic rings. The summed E-state index contributed by atoms with van der Waals surface area (Å²) in [4.78, 5) is 0.211. The van der Waals surface area contributed by atoms with Crippen molar-refractivity contribution in [1.82, 2.24) is 4.72 Å². The molecule has 0 bridgehead atoms. The van der Waals surface area contributed by atoms with Crippen molar-refractivity contribution in [1.29, 1.82) is 0 Å². The summed E-state index contributed by atoms with van der Waals surface area (Å²) in [6, 6.07) is 4.57. The first kappa shape index (κ1) is 17.0. The van der Waals surface area contributed by atoms with Crippen LogP contribution in [-0.4, -0.2) is 15.0 Å². The van der Waals surface area contributed by atoms with E-state index in [2.05, 4.69) is 34.5 Å². The minimum Gasteiger partial charge on any atom is -0.211 e. The summed E-state index contributed by atoms with van der Waals surface area (Å²) >= 11 is 9.09. The van der Waals surface area contributed by atoms with E-state index in [4.69, 9.17) is 11.6 Å². The lowest BCUT2D eigenvalue weighted by Crippen LogP contribution is -2.36. The zero-order chi connectivity index (χ0) is 14.8. The highest BCUT2D eigenvalue weighted by atomic mass is 79.9. The fourth-order valence-corrected chi connectivity index (χ4v) is 3.11. The molecule has 0 radical (unpaired) electrons. The van der Waals surface area contributed by atoms with Crippen molar-refractivity contribution in [3.63, 3.8) is 0 Å². The van der Waals surface area contributed by atoms with E-state index in [0.29, 0.717) is 22.0 Å². The molecule has 0 spiro atoms. The van der Waals surface area contributed by atoms with Gasteiger partial charge in [0.15, 0.2) is 0 Å². The maximum absolute atomic E-state index is 12.2. The van der Waals surface area contributed by atoms with Crippen molar-refractivity contribution >= 4 is 37.6 Å². The Morgan fingerprint density at radius 2 is 1.95 bits per heavy atom. The van der Waals surface area contributed by atoms with E-state index < -0.39 is 10.0 Å². The van der Waals surface area contributed by atoms with E-state index in [-0.39, 0.29) is 10.3 Å². The molecule has 0 saturated carbocycles. The summed E-state index contributed by atoms with van der Waals surface area (Å²) < 4.78 is 27.6. The van der Waals surface area contributed by atoms with E-state index >= 15 is 0 Å². The van der Waals surface area contributed by atoms with Crippen LogP contribution in [0.5, 0.6) is 0 Å². The zero-order valence-electron chi connectivity index (χ0n) is 11.5. The Hall–Kier alpha value is -0.100. The average Bonchev–Trinajstić information content (AvgIpc) is 2.30. The molecule has 0 unspecified atom stereocenters. The molecule has 1 rings (SSSR count). The first-order chi connectivity index (χ1) is 8.56. The maximum atomic E-state index is 12.2. The molecule has 0 saturated heterocycles. The number of nitrogens with one attached hydrogen (secondary N) is 1. The van der Waals surface area contributed by atoms with Gasteiger partial charge in [-0.05, 0) is 45.5 Å². The fraction of sp³-hybridized carbons (Fsp3) is 0.538. The first-order valence-corrected chi connectivity index (χ1v) is 8.66. The molecule has 0 fully saturated rings. The maximum Gasteiger partial charge on any atom is 0.240 e. The smallest absolute Gasteiger partial charge is 0.211 e. The molecule has 0 aliphatic carbocycles. The number of hydrogen-bond donors (Lipinski definition) is 1. The van der Waals surface area contributed by atoms with Gasteiger partial charge in [0.25, 0.3) is 0 Å². The lowest BCUT2D eigenvalue weighted by molar-refractivity contribution is 0.252. The van der Waals surface area contributed by atoms with Gasteiger partial charge in [0.05, 0.1) is 9.92 Å². The normalized spacial score (nSPS) is 13.0. The average molecular weight is 369 g/mol. The van der Waals surface area contributed by atoms with Crippen molar-refractivity contribution in [2.45, 2.75) is 32.6 Å². The first-order valence-electron chi connectivity index (χ1n) is 6.01. The van der Waals surface area contributed by atoms with E-state index in [9.17, 15) is 8.42 Å². The third-order valence-electron chi connectivity index (χ3n) is 3.48. The highest BCUT2D eigenvalue weighted by Crippen LogP contribution is 2.27. The number of halogens is 2. The van der Waals surface area contributed by atoms with Crippen molar-refractivity contribution in [3.8, 4) is 0 Å². The van der Waals surface area contributed by atoms with E-state index in [1.807, 2.05) is 13.8 Å². The Morgan fingerprint density at radius 1 is 1.37 bits per heavy atom. The van der Waals surface area contributed by atoms with Crippen LogP contribution in [0.25, 0.3) is 0 Å². The quantitative estimate of drug-likeness (QED) is 0.851. The monoisotopic (exact) mass is 367 g/mol. The Morgan fingerprint density at radius 3 is 2.42 bits per heavy atom.